The van der Waals surface area contributed by atoms with E-state index in [9.17, 15) is 9.90 Å². The molecule has 6 heteroatoms. The summed E-state index contributed by atoms with van der Waals surface area (Å²) >= 11 is 0. The van der Waals surface area contributed by atoms with Gasteiger partial charge in [-0.2, -0.15) is 0 Å². The van der Waals surface area contributed by atoms with Gasteiger partial charge in [0.05, 0.1) is 30.5 Å². The highest BCUT2D eigenvalue weighted by Crippen LogP contribution is 2.33. The van der Waals surface area contributed by atoms with Gasteiger partial charge in [-0.3, -0.25) is 4.79 Å². The number of hydrogen-bond acceptors (Lipinski definition) is 5. The van der Waals surface area contributed by atoms with Crippen molar-refractivity contribution in [1.29, 1.82) is 0 Å². The van der Waals surface area contributed by atoms with E-state index in [4.69, 9.17) is 4.74 Å². The second kappa shape index (κ2) is 7.53. The first-order valence-corrected chi connectivity index (χ1v) is 9.62. The van der Waals surface area contributed by atoms with Crippen LogP contribution in [0.3, 0.4) is 0 Å². The number of rotatable bonds is 7. The van der Waals surface area contributed by atoms with E-state index < -0.39 is 5.60 Å². The fourth-order valence-corrected chi connectivity index (χ4v) is 4.19. The highest BCUT2D eigenvalue weighted by molar-refractivity contribution is 5.98. The van der Waals surface area contributed by atoms with Crippen molar-refractivity contribution in [2.24, 2.45) is 0 Å². The summed E-state index contributed by atoms with van der Waals surface area (Å²) in [6.45, 7) is 6.80. The number of amides is 1. The number of pyridine rings is 1. The van der Waals surface area contributed by atoms with Crippen LogP contribution in [0.15, 0.2) is 6.07 Å². The zero-order chi connectivity index (χ0) is 18.9. The molecule has 2 N–H and O–H groups in total. The molecule has 144 valence electrons. The summed E-state index contributed by atoms with van der Waals surface area (Å²) < 4.78 is 5.47. The molecule has 0 aromatic carbocycles. The first-order chi connectivity index (χ1) is 12.3. The number of nitrogens with zero attached hydrogens (tertiary/aromatic N) is 2. The van der Waals surface area contributed by atoms with Crippen LogP contribution in [0.4, 0.5) is 0 Å². The molecule has 1 aromatic heterocycles. The number of hydrogen-bond donors (Lipinski definition) is 2. The van der Waals surface area contributed by atoms with Crippen molar-refractivity contribution >= 4 is 5.91 Å². The summed E-state index contributed by atoms with van der Waals surface area (Å²) in [6, 6.07) is 2.43. The summed E-state index contributed by atoms with van der Waals surface area (Å²) in [5.41, 5.74) is 1.71. The van der Waals surface area contributed by atoms with Gasteiger partial charge in [-0.25, -0.2) is 4.98 Å². The summed E-state index contributed by atoms with van der Waals surface area (Å²) in [7, 11) is 1.62. The van der Waals surface area contributed by atoms with Gasteiger partial charge in [-0.15, -0.1) is 0 Å². The molecular formula is C20H31N3O3. The van der Waals surface area contributed by atoms with Crippen molar-refractivity contribution in [3.63, 3.8) is 0 Å². The maximum absolute atomic E-state index is 12.9. The molecule has 1 aromatic rings. The Morgan fingerprint density at radius 3 is 2.73 bits per heavy atom. The molecule has 0 bridgehead atoms. The maximum Gasteiger partial charge on any atom is 0.256 e. The second-order valence-corrected chi connectivity index (χ2v) is 8.32. The molecular weight excluding hydrogens is 330 g/mol. The van der Waals surface area contributed by atoms with E-state index in [1.807, 2.05) is 17.9 Å². The Labute approximate surface area is 155 Å². The fraction of sp³-hybridized carbons (Fsp3) is 0.700. The Bertz CT molecular complexity index is 663. The van der Waals surface area contributed by atoms with Crippen LogP contribution in [0.2, 0.25) is 0 Å². The van der Waals surface area contributed by atoms with Crippen molar-refractivity contribution in [2.45, 2.75) is 83.6 Å². The van der Waals surface area contributed by atoms with Crippen LogP contribution >= 0.6 is 0 Å². The molecule has 1 amide bonds. The topological polar surface area (TPSA) is 74.7 Å². The third-order valence-electron chi connectivity index (χ3n) is 5.36. The molecule has 0 spiro atoms. The average Bonchev–Trinajstić information content (AvgIpc) is 3.19. The van der Waals surface area contributed by atoms with Crippen LogP contribution < -0.4 is 10.1 Å². The smallest absolute Gasteiger partial charge is 0.256 e. The van der Waals surface area contributed by atoms with Crippen LogP contribution in [-0.2, 0) is 13.1 Å². The minimum Gasteiger partial charge on any atom is -0.481 e. The zero-order valence-electron chi connectivity index (χ0n) is 16.3. The van der Waals surface area contributed by atoms with Crippen molar-refractivity contribution < 1.29 is 14.6 Å². The molecule has 6 nitrogen and oxygen atoms in total. The van der Waals surface area contributed by atoms with Gasteiger partial charge in [0.15, 0.2) is 0 Å². The van der Waals surface area contributed by atoms with Gasteiger partial charge in [0.25, 0.3) is 5.91 Å². The zero-order valence-corrected chi connectivity index (χ0v) is 16.3. The highest BCUT2D eigenvalue weighted by atomic mass is 16.5. The Morgan fingerprint density at radius 1 is 1.42 bits per heavy atom. The van der Waals surface area contributed by atoms with Crippen molar-refractivity contribution in [3.8, 4) is 5.88 Å². The Balaban J connectivity index is 1.74. The minimum atomic E-state index is -0.718. The number of fused-ring (bicyclic) bond motifs is 1. The molecule has 1 aliphatic carbocycles. The molecule has 1 fully saturated rings. The molecule has 0 radical (unpaired) electrons. The quantitative estimate of drug-likeness (QED) is 0.781. The van der Waals surface area contributed by atoms with E-state index >= 15 is 0 Å². The summed E-state index contributed by atoms with van der Waals surface area (Å²) in [5, 5.41) is 13.4. The van der Waals surface area contributed by atoms with Gasteiger partial charge in [0.1, 0.15) is 0 Å². The SMILES string of the molecule is COc1nc2c(cc1CN[C@@H](C)CC(C)(C)O)C(=O)N(C1CCCC1)C2. The normalized spacial score (nSPS) is 19.1. The van der Waals surface area contributed by atoms with Gasteiger partial charge in [0.2, 0.25) is 5.88 Å². The Hall–Kier alpha value is -1.66. The lowest BCUT2D eigenvalue weighted by Crippen LogP contribution is -2.34. The minimum absolute atomic E-state index is 0.104. The number of carbonyl (C=O) groups is 1. The molecule has 2 heterocycles. The summed E-state index contributed by atoms with van der Waals surface area (Å²) in [5.74, 6) is 0.681. The maximum atomic E-state index is 12.9. The summed E-state index contributed by atoms with van der Waals surface area (Å²) in [4.78, 5) is 19.5. The summed E-state index contributed by atoms with van der Waals surface area (Å²) in [6.07, 6.45) is 5.24. The van der Waals surface area contributed by atoms with Crippen LogP contribution in [0.1, 0.15) is 74.5 Å². The number of carbonyl (C=O) groups excluding carboxylic acids is 1. The van der Waals surface area contributed by atoms with E-state index in [-0.39, 0.29) is 11.9 Å². The predicted molar refractivity (Wildman–Crippen MR) is 100 cm³/mol. The number of methoxy groups -OCH3 is 1. The van der Waals surface area contributed by atoms with E-state index in [0.29, 0.717) is 37.0 Å². The third-order valence-corrected chi connectivity index (χ3v) is 5.36. The largest absolute Gasteiger partial charge is 0.481 e. The van der Waals surface area contributed by atoms with E-state index in [0.717, 1.165) is 24.1 Å². The lowest BCUT2D eigenvalue weighted by atomic mass is 10.00. The number of aromatic nitrogens is 1. The van der Waals surface area contributed by atoms with Crippen molar-refractivity contribution in [1.82, 2.24) is 15.2 Å². The van der Waals surface area contributed by atoms with Crippen LogP contribution in [0.5, 0.6) is 5.88 Å². The third kappa shape index (κ3) is 4.18. The standard InChI is InChI=1S/C20H31N3O3/c1-13(10-20(2,3)25)21-11-14-9-16-17(22-18(14)26-4)12-23(19(16)24)15-7-5-6-8-15/h9,13,15,21,25H,5-8,10-12H2,1-4H3/t13-/m0/s1. The van der Waals surface area contributed by atoms with Crippen LogP contribution in [-0.4, -0.2) is 45.7 Å². The molecule has 0 unspecified atom stereocenters. The van der Waals surface area contributed by atoms with Crippen molar-refractivity contribution in [2.75, 3.05) is 7.11 Å². The second-order valence-electron chi connectivity index (χ2n) is 8.32. The van der Waals surface area contributed by atoms with Gasteiger partial charge in [-0.1, -0.05) is 12.8 Å². The van der Waals surface area contributed by atoms with Crippen molar-refractivity contribution in [3.05, 3.63) is 22.9 Å². The van der Waals surface area contributed by atoms with E-state index in [2.05, 4.69) is 10.3 Å². The predicted octanol–water partition coefficient (Wildman–Crippen LogP) is 2.63. The van der Waals surface area contributed by atoms with Crippen LogP contribution in [0.25, 0.3) is 0 Å². The highest BCUT2D eigenvalue weighted by Gasteiger charge is 2.35. The number of nitrogens with one attached hydrogen (secondary N) is 1. The van der Waals surface area contributed by atoms with Gasteiger partial charge >= 0.3 is 0 Å². The number of ether oxygens (including phenoxy) is 1. The monoisotopic (exact) mass is 361 g/mol. The number of aliphatic hydroxyl groups is 1. The van der Waals surface area contributed by atoms with Gasteiger partial charge in [0, 0.05) is 24.2 Å². The molecule has 1 atom stereocenters. The molecule has 1 saturated carbocycles. The molecule has 26 heavy (non-hydrogen) atoms. The molecule has 3 rings (SSSR count). The first-order valence-electron chi connectivity index (χ1n) is 9.62. The van der Waals surface area contributed by atoms with Gasteiger partial charge < -0.3 is 20.1 Å². The van der Waals surface area contributed by atoms with E-state index in [1.165, 1.54) is 12.8 Å². The molecule has 1 aliphatic heterocycles. The van der Waals surface area contributed by atoms with E-state index in [1.54, 1.807) is 21.0 Å². The molecule has 2 aliphatic rings. The van der Waals surface area contributed by atoms with Gasteiger partial charge in [-0.05, 0) is 46.1 Å². The lowest BCUT2D eigenvalue weighted by molar-refractivity contribution is 0.0610. The Morgan fingerprint density at radius 2 is 2.12 bits per heavy atom. The fourth-order valence-electron chi connectivity index (χ4n) is 4.19. The first kappa shape index (κ1) is 19.1. The van der Waals surface area contributed by atoms with Crippen LogP contribution in [0, 0.1) is 0 Å². The lowest BCUT2D eigenvalue weighted by Gasteiger charge is -2.23. The molecule has 0 saturated heterocycles. The average molecular weight is 361 g/mol. The Kier molecular flexibility index (Phi) is 5.53.